The van der Waals surface area contributed by atoms with Gasteiger partial charge in [0.1, 0.15) is 12.4 Å². The summed E-state index contributed by atoms with van der Waals surface area (Å²) in [4.78, 5) is 0. The summed E-state index contributed by atoms with van der Waals surface area (Å²) >= 11 is 0. The predicted molar refractivity (Wildman–Crippen MR) is 63.1 cm³/mol. The van der Waals surface area contributed by atoms with Crippen molar-refractivity contribution in [3.8, 4) is 0 Å². The van der Waals surface area contributed by atoms with Crippen LogP contribution in [0.15, 0.2) is 47.2 Å². The Morgan fingerprint density at radius 1 is 0.750 bits per heavy atom. The second kappa shape index (κ2) is 3.25. The highest BCUT2D eigenvalue weighted by Gasteiger charge is 2.61. The lowest BCUT2D eigenvalue weighted by Gasteiger charge is -2.37. The fourth-order valence-electron chi connectivity index (χ4n) is 2.55. The first-order valence-electron chi connectivity index (χ1n) is 5.89. The van der Waals surface area contributed by atoms with Crippen LogP contribution in [-0.4, -0.2) is 35.5 Å². The number of rotatable bonds is 0. The Balaban J connectivity index is 2.03. The number of hydrogen-bond donors (Lipinski definition) is 0. The van der Waals surface area contributed by atoms with E-state index in [4.69, 9.17) is 0 Å². The molecule has 10 heteroatoms. The van der Waals surface area contributed by atoms with Gasteiger partial charge in [-0.3, -0.25) is 0 Å². The van der Waals surface area contributed by atoms with Gasteiger partial charge in [0.15, 0.2) is 11.5 Å². The Labute approximate surface area is 110 Å². The molecule has 0 saturated carbocycles. The Morgan fingerprint density at radius 3 is 1.55 bits per heavy atom. The molecule has 0 aliphatic carbocycles. The molecule has 20 heavy (non-hydrogen) atoms. The van der Waals surface area contributed by atoms with E-state index in [1.807, 2.05) is 0 Å². The molecule has 0 radical (unpaired) electrons. The zero-order valence-corrected chi connectivity index (χ0v) is 9.84. The minimum absolute atomic E-state index is 0.120. The first-order valence-corrected chi connectivity index (χ1v) is 5.89. The Hall–Kier alpha value is -2.25. The summed E-state index contributed by atoms with van der Waals surface area (Å²) in [5, 5.41) is 0. The molecule has 0 atom stereocenters. The SMILES string of the molecule is F[B-]1(F)OC2=C3C=CC=[N+]3[B-](F)(F)OC2=C2C=CC=[N+]21. The van der Waals surface area contributed by atoms with Gasteiger partial charge in [0.2, 0.25) is 11.4 Å². The van der Waals surface area contributed by atoms with Crippen LogP contribution < -0.4 is 0 Å². The highest BCUT2D eigenvalue weighted by molar-refractivity contribution is 6.53. The average molecular weight is 284 g/mol. The third-order valence-corrected chi connectivity index (χ3v) is 3.40. The number of allylic oxidation sites excluding steroid dienone is 4. The van der Waals surface area contributed by atoms with Gasteiger partial charge in [0.05, 0.1) is 0 Å². The van der Waals surface area contributed by atoms with Crippen molar-refractivity contribution in [2.75, 3.05) is 0 Å². The third kappa shape index (κ3) is 1.28. The smallest absolute Gasteiger partial charge is 0.592 e. The van der Waals surface area contributed by atoms with E-state index in [0.717, 1.165) is 12.4 Å². The lowest BCUT2D eigenvalue weighted by molar-refractivity contribution is -0.408. The summed E-state index contributed by atoms with van der Waals surface area (Å²) in [6.45, 7) is 0. The van der Waals surface area contributed by atoms with Crippen LogP contribution in [0.2, 0.25) is 0 Å². The fourth-order valence-corrected chi connectivity index (χ4v) is 2.55. The molecule has 0 spiro atoms. The molecule has 0 unspecified atom stereocenters. The second-order valence-electron chi connectivity index (χ2n) is 4.62. The summed E-state index contributed by atoms with van der Waals surface area (Å²) < 4.78 is 66.0. The third-order valence-electron chi connectivity index (χ3n) is 3.40. The van der Waals surface area contributed by atoms with E-state index in [0.29, 0.717) is 8.97 Å². The van der Waals surface area contributed by atoms with Crippen LogP contribution in [0.25, 0.3) is 0 Å². The minimum Gasteiger partial charge on any atom is -0.592 e. The minimum atomic E-state index is -4.36. The molecule has 4 nitrogen and oxygen atoms in total. The number of halogens is 4. The van der Waals surface area contributed by atoms with Gasteiger partial charge in [-0.15, -0.1) is 0 Å². The number of nitrogens with zero attached hydrogens (tertiary/aromatic N) is 2. The lowest BCUT2D eigenvalue weighted by Crippen LogP contribution is -2.51. The molecule has 0 N–H and O–H groups in total. The predicted octanol–water partition coefficient (Wildman–Crippen LogP) is 1.53. The summed E-state index contributed by atoms with van der Waals surface area (Å²) in [5.41, 5.74) is -0.240. The maximum Gasteiger partial charge on any atom is 0.834 e. The van der Waals surface area contributed by atoms with Crippen LogP contribution in [0.5, 0.6) is 0 Å². The fraction of sp³-hybridized carbons (Fsp3) is 0. The van der Waals surface area contributed by atoms with Crippen molar-refractivity contribution in [3.05, 3.63) is 47.2 Å². The molecule has 4 heterocycles. The molecule has 4 aliphatic heterocycles. The molecule has 0 aromatic rings. The Bertz CT molecular complexity index is 672. The maximum absolute atomic E-state index is 13.9. The van der Waals surface area contributed by atoms with Crippen LogP contribution in [0.1, 0.15) is 0 Å². The van der Waals surface area contributed by atoms with Crippen LogP contribution in [0.3, 0.4) is 0 Å². The van der Waals surface area contributed by atoms with Gasteiger partial charge in [-0.1, -0.05) is 0 Å². The Kier molecular flexibility index (Phi) is 1.88. The average Bonchev–Trinajstić information content (AvgIpc) is 2.99. The largest absolute Gasteiger partial charge is 0.834 e. The molecular weight excluding hydrogens is 278 g/mol. The first kappa shape index (κ1) is 11.6. The van der Waals surface area contributed by atoms with E-state index < -0.39 is 14.1 Å². The number of fused-ring (bicyclic) bond motifs is 3. The van der Waals surface area contributed by atoms with Crippen molar-refractivity contribution < 1.29 is 35.5 Å². The summed E-state index contributed by atoms with van der Waals surface area (Å²) in [6.07, 6.45) is 7.37. The lowest BCUT2D eigenvalue weighted by atomic mass is 9.94. The van der Waals surface area contributed by atoms with E-state index in [9.17, 15) is 17.3 Å². The quantitative estimate of drug-likeness (QED) is 0.497. The molecule has 0 amide bonds. The monoisotopic (exact) mass is 284 g/mol. The molecule has 0 aromatic carbocycles. The zero-order chi connectivity index (χ0) is 14.1. The summed E-state index contributed by atoms with van der Waals surface area (Å²) in [5.74, 6) is -0.724. The van der Waals surface area contributed by atoms with Crippen LogP contribution in [-0.2, 0) is 9.31 Å². The molecule has 4 aliphatic rings. The molecule has 0 bridgehead atoms. The van der Waals surface area contributed by atoms with Gasteiger partial charge >= 0.3 is 14.1 Å². The van der Waals surface area contributed by atoms with Gasteiger partial charge < -0.3 is 35.5 Å². The van der Waals surface area contributed by atoms with Crippen molar-refractivity contribution in [2.45, 2.75) is 0 Å². The van der Waals surface area contributed by atoms with E-state index in [2.05, 4.69) is 9.31 Å². The Morgan fingerprint density at radius 2 is 1.15 bits per heavy atom. The highest BCUT2D eigenvalue weighted by Crippen LogP contribution is 2.42. The topological polar surface area (TPSA) is 24.5 Å². The molecule has 0 aromatic heterocycles. The van der Waals surface area contributed by atoms with Gasteiger partial charge in [-0.2, -0.15) is 0 Å². The van der Waals surface area contributed by atoms with E-state index in [1.165, 1.54) is 24.3 Å². The standard InChI is InChI=1S/C10H6B2F4N2O2/c13-11(14)17-5-1-3-7(17)9-10(20-11)8-4-2-6-18(8)12(15,16)19-9/h1-6H. The first-order chi connectivity index (χ1) is 9.40. The van der Waals surface area contributed by atoms with Gasteiger partial charge in [0.25, 0.3) is 0 Å². The molecular formula is C10H6B2F4N2O2. The van der Waals surface area contributed by atoms with Crippen LogP contribution in [0.4, 0.5) is 17.3 Å². The highest BCUT2D eigenvalue weighted by atomic mass is 19.3. The summed E-state index contributed by atoms with van der Waals surface area (Å²) in [6, 6.07) is 0. The van der Waals surface area contributed by atoms with Crippen molar-refractivity contribution in [2.24, 2.45) is 0 Å². The van der Waals surface area contributed by atoms with Crippen LogP contribution in [0, 0.1) is 0 Å². The molecule has 0 fully saturated rings. The normalized spacial score (nSPS) is 27.4. The molecule has 102 valence electrons. The van der Waals surface area contributed by atoms with E-state index in [-0.39, 0.29) is 22.9 Å². The van der Waals surface area contributed by atoms with E-state index >= 15 is 0 Å². The van der Waals surface area contributed by atoms with Crippen molar-refractivity contribution in [3.63, 3.8) is 0 Å². The van der Waals surface area contributed by atoms with Gasteiger partial charge in [-0.25, -0.2) is 0 Å². The van der Waals surface area contributed by atoms with E-state index in [1.54, 1.807) is 0 Å². The maximum atomic E-state index is 13.9. The zero-order valence-electron chi connectivity index (χ0n) is 9.84. The number of hydrogen-bond acceptors (Lipinski definition) is 2. The molecule has 0 saturated heterocycles. The van der Waals surface area contributed by atoms with Gasteiger partial charge in [-0.05, 0) is 0 Å². The van der Waals surface area contributed by atoms with Gasteiger partial charge in [0, 0.05) is 24.3 Å². The second-order valence-corrected chi connectivity index (χ2v) is 4.62. The van der Waals surface area contributed by atoms with Crippen LogP contribution >= 0.6 is 0 Å². The van der Waals surface area contributed by atoms with Crippen molar-refractivity contribution >= 4 is 26.5 Å². The summed E-state index contributed by atoms with van der Waals surface area (Å²) in [7, 11) is -8.73. The molecule has 4 rings (SSSR count). The van der Waals surface area contributed by atoms with Crippen molar-refractivity contribution in [1.29, 1.82) is 0 Å². The van der Waals surface area contributed by atoms with Crippen molar-refractivity contribution in [1.82, 2.24) is 0 Å².